The Morgan fingerprint density at radius 2 is 1.85 bits per heavy atom. The minimum atomic E-state index is -0.721. The third kappa shape index (κ3) is 9.71. The smallest absolute Gasteiger partial charge is 0.191 e. The summed E-state index contributed by atoms with van der Waals surface area (Å²) in [6, 6.07) is 4.95. The summed E-state index contributed by atoms with van der Waals surface area (Å²) in [4.78, 5) is 4.56. The normalized spacial score (nSPS) is 11.9. The topological polar surface area (TPSA) is 65.9 Å². The van der Waals surface area contributed by atoms with Gasteiger partial charge in [-0.25, -0.2) is 9.38 Å². The van der Waals surface area contributed by atoms with Crippen LogP contribution in [0.1, 0.15) is 57.6 Å². The van der Waals surface area contributed by atoms with Gasteiger partial charge in [-0.05, 0) is 37.5 Å². The zero-order chi connectivity index (χ0) is 19.4. The molecular weight excluding hydrogens is 460 g/mol. The highest BCUT2D eigenvalue weighted by atomic mass is 127. The highest BCUT2D eigenvalue weighted by Gasteiger charge is 2.24. The van der Waals surface area contributed by atoms with E-state index >= 15 is 0 Å². The van der Waals surface area contributed by atoms with Gasteiger partial charge in [0.05, 0.1) is 18.8 Å². The Kier molecular flexibility index (Phi) is 13.6. The summed E-state index contributed by atoms with van der Waals surface area (Å²) in [5.41, 5.74) is 0.716. The molecule has 0 saturated carbocycles. The molecule has 0 aliphatic rings. The predicted molar refractivity (Wildman–Crippen MR) is 120 cm³/mol. The van der Waals surface area contributed by atoms with Gasteiger partial charge in [0.1, 0.15) is 5.82 Å². The van der Waals surface area contributed by atoms with E-state index in [0.717, 1.165) is 37.8 Å². The van der Waals surface area contributed by atoms with Crippen LogP contribution in [0, 0.1) is 5.82 Å². The number of guanidine groups is 1. The first-order chi connectivity index (χ1) is 12.5. The summed E-state index contributed by atoms with van der Waals surface area (Å²) in [5, 5.41) is 17.2. The van der Waals surface area contributed by atoms with Gasteiger partial charge in [0.25, 0.3) is 0 Å². The molecule has 7 heteroatoms. The van der Waals surface area contributed by atoms with Crippen LogP contribution in [0.4, 0.5) is 4.39 Å². The zero-order valence-electron chi connectivity index (χ0n) is 17.0. The molecule has 0 bridgehead atoms. The fourth-order valence-electron chi connectivity index (χ4n) is 2.99. The molecule has 0 amide bonds. The molecule has 0 radical (unpaired) electrons. The minimum Gasteiger partial charge on any atom is -0.388 e. The Morgan fingerprint density at radius 1 is 1.19 bits per heavy atom. The van der Waals surface area contributed by atoms with Gasteiger partial charge in [-0.2, -0.15) is 0 Å². The molecule has 0 heterocycles. The fourth-order valence-corrected chi connectivity index (χ4v) is 2.99. The average Bonchev–Trinajstić information content (AvgIpc) is 2.60. The SMILES string of the molecule is CCCC(O)(CCC)CNC(=NCc1ccc(F)c(COC)c1)NCC.I. The first kappa shape index (κ1) is 26.1. The lowest BCUT2D eigenvalue weighted by Crippen LogP contribution is -2.47. The number of ether oxygens (including phenoxy) is 1. The molecule has 156 valence electrons. The van der Waals surface area contributed by atoms with Crippen molar-refractivity contribution >= 4 is 29.9 Å². The molecule has 0 fully saturated rings. The van der Waals surface area contributed by atoms with Crippen LogP contribution in [0.15, 0.2) is 23.2 Å². The molecule has 0 atom stereocenters. The first-order valence-electron chi connectivity index (χ1n) is 9.48. The van der Waals surface area contributed by atoms with Crippen molar-refractivity contribution in [3.63, 3.8) is 0 Å². The third-order valence-electron chi connectivity index (χ3n) is 4.19. The fraction of sp³-hybridized carbons (Fsp3) is 0.650. The molecule has 3 N–H and O–H groups in total. The average molecular weight is 495 g/mol. The Morgan fingerprint density at radius 3 is 2.41 bits per heavy atom. The van der Waals surface area contributed by atoms with Crippen molar-refractivity contribution < 1.29 is 14.2 Å². The molecule has 0 saturated heterocycles. The lowest BCUT2D eigenvalue weighted by molar-refractivity contribution is 0.0257. The molecular formula is C20H35FIN3O2. The van der Waals surface area contributed by atoms with E-state index in [4.69, 9.17) is 4.74 Å². The van der Waals surface area contributed by atoms with Crippen LogP contribution in [0.5, 0.6) is 0 Å². The zero-order valence-corrected chi connectivity index (χ0v) is 19.3. The van der Waals surface area contributed by atoms with E-state index in [-0.39, 0.29) is 36.4 Å². The molecule has 1 aromatic rings. The molecule has 0 spiro atoms. The highest BCUT2D eigenvalue weighted by Crippen LogP contribution is 2.18. The van der Waals surface area contributed by atoms with E-state index in [9.17, 15) is 9.50 Å². The van der Waals surface area contributed by atoms with Crippen LogP contribution >= 0.6 is 24.0 Å². The second-order valence-electron chi connectivity index (χ2n) is 6.63. The Hall–Kier alpha value is -0.930. The number of hydrogen-bond acceptors (Lipinski definition) is 3. The Bertz CT molecular complexity index is 564. The predicted octanol–water partition coefficient (Wildman–Crippen LogP) is 3.98. The number of halogens is 2. The summed E-state index contributed by atoms with van der Waals surface area (Å²) in [6.07, 6.45) is 3.38. The van der Waals surface area contributed by atoms with Crippen molar-refractivity contribution in [2.45, 2.75) is 65.2 Å². The molecule has 0 aromatic heterocycles. The second-order valence-corrected chi connectivity index (χ2v) is 6.63. The lowest BCUT2D eigenvalue weighted by Gasteiger charge is -2.28. The van der Waals surface area contributed by atoms with Gasteiger partial charge in [0.15, 0.2) is 5.96 Å². The summed E-state index contributed by atoms with van der Waals surface area (Å²) >= 11 is 0. The molecule has 1 rings (SSSR count). The summed E-state index contributed by atoms with van der Waals surface area (Å²) in [6.45, 7) is 7.99. The number of methoxy groups -OCH3 is 1. The Labute approximate surface area is 180 Å². The van der Waals surface area contributed by atoms with E-state index in [0.29, 0.717) is 24.6 Å². The standard InChI is InChI=1S/C20H34FN3O2.HI/c1-5-10-20(25,11-6-2)15-24-19(22-7-3)23-13-16-8-9-18(21)17(12-16)14-26-4;/h8-9,12,25H,5-7,10-11,13-15H2,1-4H3,(H2,22,23,24);1H. The molecule has 0 aliphatic heterocycles. The van der Waals surface area contributed by atoms with E-state index < -0.39 is 5.60 Å². The molecule has 1 aromatic carbocycles. The largest absolute Gasteiger partial charge is 0.388 e. The lowest BCUT2D eigenvalue weighted by atomic mass is 9.93. The van der Waals surface area contributed by atoms with E-state index in [2.05, 4.69) is 29.5 Å². The number of aliphatic hydroxyl groups is 1. The van der Waals surface area contributed by atoms with Crippen molar-refractivity contribution in [2.24, 2.45) is 4.99 Å². The summed E-state index contributed by atoms with van der Waals surface area (Å²) in [7, 11) is 1.55. The van der Waals surface area contributed by atoms with Gasteiger partial charge in [-0.15, -0.1) is 24.0 Å². The van der Waals surface area contributed by atoms with Crippen LogP contribution in [0.3, 0.4) is 0 Å². The van der Waals surface area contributed by atoms with Crippen LogP contribution < -0.4 is 10.6 Å². The molecule has 5 nitrogen and oxygen atoms in total. The second kappa shape index (κ2) is 14.1. The van der Waals surface area contributed by atoms with Crippen LogP contribution in [0.2, 0.25) is 0 Å². The summed E-state index contributed by atoms with van der Waals surface area (Å²) < 4.78 is 18.7. The molecule has 0 unspecified atom stereocenters. The van der Waals surface area contributed by atoms with Gasteiger partial charge in [0, 0.05) is 25.8 Å². The number of nitrogens with one attached hydrogen (secondary N) is 2. The van der Waals surface area contributed by atoms with E-state index in [1.54, 1.807) is 19.2 Å². The maximum absolute atomic E-state index is 13.7. The third-order valence-corrected chi connectivity index (χ3v) is 4.19. The number of aliphatic imine (C=N–C) groups is 1. The van der Waals surface area contributed by atoms with Crippen molar-refractivity contribution in [2.75, 3.05) is 20.2 Å². The number of nitrogens with zero attached hydrogens (tertiary/aromatic N) is 1. The van der Waals surface area contributed by atoms with E-state index in [1.165, 1.54) is 6.07 Å². The van der Waals surface area contributed by atoms with Gasteiger partial charge < -0.3 is 20.5 Å². The van der Waals surface area contributed by atoms with Crippen molar-refractivity contribution in [3.05, 3.63) is 35.1 Å². The number of benzene rings is 1. The van der Waals surface area contributed by atoms with Crippen LogP contribution in [-0.4, -0.2) is 36.9 Å². The maximum atomic E-state index is 13.7. The molecule has 0 aliphatic carbocycles. The van der Waals surface area contributed by atoms with Gasteiger partial charge in [-0.3, -0.25) is 0 Å². The Balaban J connectivity index is 0.00000676. The quantitative estimate of drug-likeness (QED) is 0.247. The number of rotatable bonds is 11. The summed E-state index contributed by atoms with van der Waals surface area (Å²) in [5.74, 6) is 0.379. The van der Waals surface area contributed by atoms with E-state index in [1.807, 2.05) is 6.92 Å². The van der Waals surface area contributed by atoms with Crippen molar-refractivity contribution in [1.29, 1.82) is 0 Å². The number of hydrogen-bond donors (Lipinski definition) is 3. The minimum absolute atomic E-state index is 0. The molecule has 27 heavy (non-hydrogen) atoms. The van der Waals surface area contributed by atoms with Crippen LogP contribution in [-0.2, 0) is 17.9 Å². The first-order valence-corrected chi connectivity index (χ1v) is 9.48. The van der Waals surface area contributed by atoms with Crippen molar-refractivity contribution in [1.82, 2.24) is 10.6 Å². The van der Waals surface area contributed by atoms with Gasteiger partial charge >= 0.3 is 0 Å². The monoisotopic (exact) mass is 495 g/mol. The van der Waals surface area contributed by atoms with Crippen LogP contribution in [0.25, 0.3) is 0 Å². The van der Waals surface area contributed by atoms with Gasteiger partial charge in [-0.1, -0.05) is 32.8 Å². The maximum Gasteiger partial charge on any atom is 0.191 e. The van der Waals surface area contributed by atoms with Crippen molar-refractivity contribution in [3.8, 4) is 0 Å². The van der Waals surface area contributed by atoms with Gasteiger partial charge in [0.2, 0.25) is 0 Å². The highest BCUT2D eigenvalue weighted by molar-refractivity contribution is 14.0.